The Hall–Kier alpha value is -1.06. The number of carbonyl (C=O) groups is 2. The molecule has 0 saturated heterocycles. The number of nitrogens with one attached hydrogen (secondary N) is 1. The number of hydrogen-bond acceptors (Lipinski definition) is 3. The molecule has 1 amide bonds. The van der Waals surface area contributed by atoms with Crippen LogP contribution in [0.15, 0.2) is 0 Å². The lowest BCUT2D eigenvalue weighted by Crippen LogP contribution is -2.27. The average molecular weight is 157 g/mol. The normalized spacial score (nSPS) is 15.7. The second kappa shape index (κ2) is 3.37. The summed E-state index contributed by atoms with van der Waals surface area (Å²) in [5.74, 6) is -0.720. The molecule has 1 aliphatic rings. The van der Waals surface area contributed by atoms with Gasteiger partial charge in [-0.05, 0) is 12.8 Å². The van der Waals surface area contributed by atoms with Crippen LogP contribution in [-0.2, 0) is 14.3 Å². The van der Waals surface area contributed by atoms with Crippen LogP contribution in [0, 0.1) is 0 Å². The molecule has 11 heavy (non-hydrogen) atoms. The van der Waals surface area contributed by atoms with Crippen molar-refractivity contribution in [3.63, 3.8) is 0 Å². The van der Waals surface area contributed by atoms with Crippen molar-refractivity contribution in [1.82, 2.24) is 5.32 Å². The molecule has 1 fully saturated rings. The Kier molecular flexibility index (Phi) is 2.46. The summed E-state index contributed by atoms with van der Waals surface area (Å²) in [6.45, 7) is 0. The van der Waals surface area contributed by atoms with Crippen molar-refractivity contribution in [1.29, 1.82) is 0 Å². The molecule has 1 aliphatic carbocycles. The second-order valence-corrected chi connectivity index (χ2v) is 2.59. The Labute approximate surface area is 64.9 Å². The fraction of sp³-hybridized carbons (Fsp3) is 0.714. The third-order valence-electron chi connectivity index (χ3n) is 1.48. The van der Waals surface area contributed by atoms with Gasteiger partial charge in [-0.2, -0.15) is 0 Å². The monoisotopic (exact) mass is 157 g/mol. The summed E-state index contributed by atoms with van der Waals surface area (Å²) in [4.78, 5) is 21.4. The topological polar surface area (TPSA) is 55.4 Å². The van der Waals surface area contributed by atoms with E-state index in [2.05, 4.69) is 10.1 Å². The van der Waals surface area contributed by atoms with E-state index in [1.54, 1.807) is 0 Å². The average Bonchev–Trinajstić information content (AvgIpc) is 2.71. The van der Waals surface area contributed by atoms with Gasteiger partial charge in [0.2, 0.25) is 5.91 Å². The molecule has 62 valence electrons. The maximum Gasteiger partial charge on any atom is 0.315 e. The van der Waals surface area contributed by atoms with Gasteiger partial charge in [-0.1, -0.05) is 0 Å². The molecule has 0 aromatic heterocycles. The molecule has 0 aromatic carbocycles. The molecular weight excluding hydrogens is 146 g/mol. The van der Waals surface area contributed by atoms with Crippen LogP contribution in [0.5, 0.6) is 0 Å². The highest BCUT2D eigenvalue weighted by Crippen LogP contribution is 2.18. The van der Waals surface area contributed by atoms with Crippen molar-refractivity contribution in [3.05, 3.63) is 0 Å². The molecule has 1 saturated carbocycles. The third kappa shape index (κ3) is 3.02. The Morgan fingerprint density at radius 1 is 1.55 bits per heavy atom. The highest BCUT2D eigenvalue weighted by molar-refractivity contribution is 5.94. The molecule has 0 aromatic rings. The maximum atomic E-state index is 10.9. The number of ether oxygens (including phenoxy) is 1. The summed E-state index contributed by atoms with van der Waals surface area (Å²) in [5.41, 5.74) is 0. The van der Waals surface area contributed by atoms with Crippen LogP contribution >= 0.6 is 0 Å². The van der Waals surface area contributed by atoms with Crippen molar-refractivity contribution in [3.8, 4) is 0 Å². The van der Waals surface area contributed by atoms with Gasteiger partial charge in [0.05, 0.1) is 7.11 Å². The predicted molar refractivity (Wildman–Crippen MR) is 37.8 cm³/mol. The first-order chi connectivity index (χ1) is 5.22. The van der Waals surface area contributed by atoms with Crippen molar-refractivity contribution < 1.29 is 14.3 Å². The zero-order valence-electron chi connectivity index (χ0n) is 6.42. The standard InChI is InChI=1S/C7H11NO3/c1-11-7(10)4-6(9)8-5-2-3-5/h5H,2-4H2,1H3,(H,8,9). The van der Waals surface area contributed by atoms with E-state index >= 15 is 0 Å². The quantitative estimate of drug-likeness (QED) is 0.457. The maximum absolute atomic E-state index is 10.9. The Morgan fingerprint density at radius 3 is 2.64 bits per heavy atom. The second-order valence-electron chi connectivity index (χ2n) is 2.59. The predicted octanol–water partition coefficient (Wildman–Crippen LogP) is -0.172. The van der Waals surface area contributed by atoms with E-state index < -0.39 is 5.97 Å². The van der Waals surface area contributed by atoms with Gasteiger partial charge in [-0.15, -0.1) is 0 Å². The summed E-state index contributed by atoms with van der Waals surface area (Å²) in [6.07, 6.45) is 1.91. The first-order valence-corrected chi connectivity index (χ1v) is 3.58. The molecule has 0 atom stereocenters. The summed E-state index contributed by atoms with van der Waals surface area (Å²) < 4.78 is 4.32. The van der Waals surface area contributed by atoms with E-state index in [0.717, 1.165) is 12.8 Å². The Morgan fingerprint density at radius 2 is 2.18 bits per heavy atom. The number of esters is 1. The summed E-state index contributed by atoms with van der Waals surface area (Å²) in [7, 11) is 1.27. The largest absolute Gasteiger partial charge is 0.469 e. The van der Waals surface area contributed by atoms with E-state index in [0.29, 0.717) is 6.04 Å². The Balaban J connectivity index is 2.13. The lowest BCUT2D eigenvalue weighted by atomic mass is 10.4. The van der Waals surface area contributed by atoms with E-state index in [4.69, 9.17) is 0 Å². The van der Waals surface area contributed by atoms with Gasteiger partial charge in [0.15, 0.2) is 0 Å². The molecule has 0 spiro atoms. The van der Waals surface area contributed by atoms with Gasteiger partial charge < -0.3 is 10.1 Å². The van der Waals surface area contributed by atoms with E-state index in [1.807, 2.05) is 0 Å². The first-order valence-electron chi connectivity index (χ1n) is 3.58. The fourth-order valence-corrected chi connectivity index (χ4v) is 0.710. The highest BCUT2D eigenvalue weighted by atomic mass is 16.5. The zero-order chi connectivity index (χ0) is 8.27. The van der Waals surface area contributed by atoms with Gasteiger partial charge in [-0.25, -0.2) is 0 Å². The van der Waals surface area contributed by atoms with Crippen molar-refractivity contribution >= 4 is 11.9 Å². The van der Waals surface area contributed by atoms with E-state index in [9.17, 15) is 9.59 Å². The molecule has 0 aliphatic heterocycles. The van der Waals surface area contributed by atoms with Crippen molar-refractivity contribution in [2.75, 3.05) is 7.11 Å². The van der Waals surface area contributed by atoms with Crippen LogP contribution in [0.25, 0.3) is 0 Å². The molecule has 0 bridgehead atoms. The number of methoxy groups -OCH3 is 1. The third-order valence-corrected chi connectivity index (χ3v) is 1.48. The smallest absolute Gasteiger partial charge is 0.315 e. The molecule has 1 N–H and O–H groups in total. The van der Waals surface area contributed by atoms with Gasteiger partial charge in [0.1, 0.15) is 6.42 Å². The molecule has 4 nitrogen and oxygen atoms in total. The van der Waals surface area contributed by atoms with E-state index in [-0.39, 0.29) is 12.3 Å². The number of hydrogen-bond donors (Lipinski definition) is 1. The van der Waals surface area contributed by atoms with Gasteiger partial charge in [-0.3, -0.25) is 9.59 Å². The summed E-state index contributed by atoms with van der Waals surface area (Å²) >= 11 is 0. The van der Waals surface area contributed by atoms with Crippen LogP contribution in [0.4, 0.5) is 0 Å². The summed E-state index contributed by atoms with van der Waals surface area (Å²) in [6, 6.07) is 0.312. The minimum Gasteiger partial charge on any atom is -0.469 e. The Bertz CT molecular complexity index is 175. The number of carbonyl (C=O) groups excluding carboxylic acids is 2. The lowest BCUT2D eigenvalue weighted by Gasteiger charge is -2.00. The minimum absolute atomic E-state index is 0.160. The molecular formula is C7H11NO3. The molecule has 4 heteroatoms. The van der Waals surface area contributed by atoms with Crippen LogP contribution in [0.2, 0.25) is 0 Å². The SMILES string of the molecule is COC(=O)CC(=O)NC1CC1. The van der Waals surface area contributed by atoms with E-state index in [1.165, 1.54) is 7.11 Å². The molecule has 0 heterocycles. The highest BCUT2D eigenvalue weighted by Gasteiger charge is 2.24. The van der Waals surface area contributed by atoms with Gasteiger partial charge in [0, 0.05) is 6.04 Å². The van der Waals surface area contributed by atoms with Crippen LogP contribution in [0.3, 0.4) is 0 Å². The molecule has 1 rings (SSSR count). The van der Waals surface area contributed by atoms with Crippen LogP contribution in [0.1, 0.15) is 19.3 Å². The number of rotatable bonds is 3. The molecule has 0 radical (unpaired) electrons. The first kappa shape index (κ1) is 8.04. The fourth-order valence-electron chi connectivity index (χ4n) is 0.710. The van der Waals surface area contributed by atoms with Crippen molar-refractivity contribution in [2.24, 2.45) is 0 Å². The minimum atomic E-state index is -0.483. The lowest BCUT2D eigenvalue weighted by molar-refractivity contribution is -0.143. The van der Waals surface area contributed by atoms with Gasteiger partial charge >= 0.3 is 5.97 Å². The van der Waals surface area contributed by atoms with Gasteiger partial charge in [0.25, 0.3) is 0 Å². The van der Waals surface area contributed by atoms with Crippen LogP contribution in [-0.4, -0.2) is 25.0 Å². The summed E-state index contributed by atoms with van der Waals surface area (Å²) in [5, 5.41) is 2.68. The van der Waals surface area contributed by atoms with Crippen molar-refractivity contribution in [2.45, 2.75) is 25.3 Å². The van der Waals surface area contributed by atoms with Crippen LogP contribution < -0.4 is 5.32 Å². The molecule has 0 unspecified atom stereocenters. The zero-order valence-corrected chi connectivity index (χ0v) is 6.42. The number of amides is 1.